The molecule has 5 nitrogen and oxygen atoms in total. The van der Waals surface area contributed by atoms with Gasteiger partial charge in [-0.1, -0.05) is 30.3 Å². The molecule has 0 N–H and O–H groups in total. The highest BCUT2D eigenvalue weighted by molar-refractivity contribution is 7.16. The van der Waals surface area contributed by atoms with Gasteiger partial charge in [0.2, 0.25) is 0 Å². The molecule has 3 rings (SSSR count). The predicted molar refractivity (Wildman–Crippen MR) is 97.4 cm³/mol. The molecule has 1 amide bonds. The minimum absolute atomic E-state index is 0.240. The maximum atomic E-state index is 12.4. The fourth-order valence-electron chi connectivity index (χ4n) is 2.51. The van der Waals surface area contributed by atoms with Crippen LogP contribution in [0.15, 0.2) is 54.0 Å². The number of hydrogen-bond donors (Lipinski definition) is 0. The standard InChI is InChI=1S/C19H18N2O3S/c1-13(18(22)21(2)11-14-6-4-3-5-7-14)24-19(23)15-8-9-16-17(10-15)25-12-20-16/h3-10,12-13H,11H2,1-2H3/t13-/m0/s1. The Kier molecular flexibility index (Phi) is 5.09. The van der Waals surface area contributed by atoms with Crippen molar-refractivity contribution in [1.82, 2.24) is 9.88 Å². The molecule has 1 atom stereocenters. The Morgan fingerprint density at radius 3 is 2.72 bits per heavy atom. The first kappa shape index (κ1) is 17.1. The summed E-state index contributed by atoms with van der Waals surface area (Å²) in [4.78, 5) is 30.5. The minimum Gasteiger partial charge on any atom is -0.449 e. The Bertz CT molecular complexity index is 892. The van der Waals surface area contributed by atoms with Gasteiger partial charge in [0.25, 0.3) is 5.91 Å². The van der Waals surface area contributed by atoms with Gasteiger partial charge in [-0.3, -0.25) is 4.79 Å². The van der Waals surface area contributed by atoms with Crippen LogP contribution in [0.2, 0.25) is 0 Å². The third-order valence-corrected chi connectivity index (χ3v) is 4.63. The first-order valence-corrected chi connectivity index (χ1v) is 8.75. The highest BCUT2D eigenvalue weighted by Crippen LogP contribution is 2.20. The molecule has 0 aliphatic heterocycles. The van der Waals surface area contributed by atoms with Gasteiger partial charge in [-0.15, -0.1) is 11.3 Å². The molecule has 2 aromatic carbocycles. The number of rotatable bonds is 5. The topological polar surface area (TPSA) is 59.5 Å². The van der Waals surface area contributed by atoms with Crippen molar-refractivity contribution in [1.29, 1.82) is 0 Å². The number of aromatic nitrogens is 1. The van der Waals surface area contributed by atoms with Gasteiger partial charge in [0.15, 0.2) is 6.10 Å². The summed E-state index contributed by atoms with van der Waals surface area (Å²) in [6.07, 6.45) is -0.849. The second-order valence-corrected chi connectivity index (χ2v) is 6.65. The monoisotopic (exact) mass is 354 g/mol. The fourth-order valence-corrected chi connectivity index (χ4v) is 3.22. The molecule has 1 heterocycles. The normalized spacial score (nSPS) is 11.9. The summed E-state index contributed by atoms with van der Waals surface area (Å²) < 4.78 is 6.25. The smallest absolute Gasteiger partial charge is 0.338 e. The van der Waals surface area contributed by atoms with E-state index in [9.17, 15) is 9.59 Å². The highest BCUT2D eigenvalue weighted by atomic mass is 32.1. The lowest BCUT2D eigenvalue weighted by Crippen LogP contribution is -2.37. The second kappa shape index (κ2) is 7.44. The molecule has 0 aliphatic rings. The second-order valence-electron chi connectivity index (χ2n) is 5.76. The van der Waals surface area contributed by atoms with Gasteiger partial charge in [0.05, 0.1) is 21.3 Å². The van der Waals surface area contributed by atoms with E-state index < -0.39 is 12.1 Å². The summed E-state index contributed by atoms with van der Waals surface area (Å²) in [5.41, 5.74) is 4.01. The Labute approximate surface area is 149 Å². The van der Waals surface area contributed by atoms with Crippen molar-refractivity contribution in [2.24, 2.45) is 0 Å². The van der Waals surface area contributed by atoms with Crippen LogP contribution in [0, 0.1) is 0 Å². The van der Waals surface area contributed by atoms with Crippen molar-refractivity contribution in [3.8, 4) is 0 Å². The predicted octanol–water partition coefficient (Wildman–Crippen LogP) is 3.50. The maximum Gasteiger partial charge on any atom is 0.338 e. The van der Waals surface area contributed by atoms with Gasteiger partial charge in [-0.05, 0) is 30.7 Å². The zero-order valence-corrected chi connectivity index (χ0v) is 14.8. The molecular formula is C19H18N2O3S. The first-order chi connectivity index (χ1) is 12.0. The number of thiazole rings is 1. The lowest BCUT2D eigenvalue weighted by atomic mass is 10.2. The highest BCUT2D eigenvalue weighted by Gasteiger charge is 2.22. The molecule has 0 radical (unpaired) electrons. The van der Waals surface area contributed by atoms with Gasteiger partial charge in [-0.2, -0.15) is 0 Å². The summed E-state index contributed by atoms with van der Waals surface area (Å²) >= 11 is 1.46. The number of esters is 1. The lowest BCUT2D eigenvalue weighted by Gasteiger charge is -2.21. The molecule has 128 valence electrons. The van der Waals surface area contributed by atoms with Crippen LogP contribution in [-0.4, -0.2) is 34.9 Å². The van der Waals surface area contributed by atoms with Gasteiger partial charge in [0.1, 0.15) is 0 Å². The van der Waals surface area contributed by atoms with Crippen LogP contribution in [0.5, 0.6) is 0 Å². The SMILES string of the molecule is C[C@H](OC(=O)c1ccc2ncsc2c1)C(=O)N(C)Cc1ccccc1. The molecule has 0 spiro atoms. The minimum atomic E-state index is -0.849. The molecule has 3 aromatic rings. The van der Waals surface area contributed by atoms with Crippen LogP contribution in [-0.2, 0) is 16.1 Å². The van der Waals surface area contributed by atoms with Gasteiger partial charge in [0, 0.05) is 13.6 Å². The Hall–Kier alpha value is -2.73. The summed E-state index contributed by atoms with van der Waals surface area (Å²) in [7, 11) is 1.70. The number of carbonyl (C=O) groups excluding carboxylic acids is 2. The summed E-state index contributed by atoms with van der Waals surface area (Å²) in [5.74, 6) is -0.750. The van der Waals surface area contributed by atoms with Crippen molar-refractivity contribution in [2.75, 3.05) is 7.05 Å². The molecule has 0 aliphatic carbocycles. The van der Waals surface area contributed by atoms with Gasteiger partial charge >= 0.3 is 5.97 Å². The average molecular weight is 354 g/mol. The third-order valence-electron chi connectivity index (χ3n) is 3.84. The molecule has 0 fully saturated rings. The number of carbonyl (C=O) groups is 2. The summed E-state index contributed by atoms with van der Waals surface area (Å²) in [6.45, 7) is 2.06. The van der Waals surface area contributed by atoms with Gasteiger partial charge in [-0.25, -0.2) is 9.78 Å². The maximum absolute atomic E-state index is 12.4. The van der Waals surface area contributed by atoms with E-state index in [2.05, 4.69) is 4.98 Å². The van der Waals surface area contributed by atoms with Crippen molar-refractivity contribution in [3.63, 3.8) is 0 Å². The van der Waals surface area contributed by atoms with Crippen LogP contribution in [0.4, 0.5) is 0 Å². The molecule has 25 heavy (non-hydrogen) atoms. The van der Waals surface area contributed by atoms with E-state index in [4.69, 9.17) is 4.74 Å². The summed E-state index contributed by atoms with van der Waals surface area (Å²) in [5, 5.41) is 0. The van der Waals surface area contributed by atoms with E-state index >= 15 is 0 Å². The van der Waals surface area contributed by atoms with Crippen molar-refractivity contribution in [3.05, 3.63) is 65.2 Å². The number of fused-ring (bicyclic) bond motifs is 1. The molecular weight excluding hydrogens is 336 g/mol. The molecule has 0 bridgehead atoms. The van der Waals surface area contributed by atoms with E-state index in [0.717, 1.165) is 15.8 Å². The lowest BCUT2D eigenvalue weighted by molar-refractivity contribution is -0.139. The molecule has 6 heteroatoms. The Morgan fingerprint density at radius 2 is 1.96 bits per heavy atom. The molecule has 0 unspecified atom stereocenters. The van der Waals surface area contributed by atoms with Crippen LogP contribution < -0.4 is 0 Å². The number of ether oxygens (including phenoxy) is 1. The zero-order valence-electron chi connectivity index (χ0n) is 14.0. The Balaban J connectivity index is 1.62. The summed E-state index contributed by atoms with van der Waals surface area (Å²) in [6, 6.07) is 14.8. The largest absolute Gasteiger partial charge is 0.449 e. The van der Waals surface area contributed by atoms with Crippen molar-refractivity contribution in [2.45, 2.75) is 19.6 Å². The van der Waals surface area contributed by atoms with Crippen LogP contribution in [0.1, 0.15) is 22.8 Å². The van der Waals surface area contributed by atoms with Crippen LogP contribution in [0.25, 0.3) is 10.2 Å². The van der Waals surface area contributed by atoms with Gasteiger partial charge < -0.3 is 9.64 Å². The number of benzene rings is 2. The van der Waals surface area contributed by atoms with E-state index in [1.807, 2.05) is 30.3 Å². The molecule has 0 saturated carbocycles. The number of likely N-dealkylation sites (N-methyl/N-ethyl adjacent to an activating group) is 1. The van der Waals surface area contributed by atoms with E-state index in [-0.39, 0.29) is 5.91 Å². The van der Waals surface area contributed by atoms with E-state index in [1.165, 1.54) is 11.3 Å². The quantitative estimate of drug-likeness (QED) is 0.658. The molecule has 1 aromatic heterocycles. The van der Waals surface area contributed by atoms with Crippen LogP contribution >= 0.6 is 11.3 Å². The third kappa shape index (κ3) is 4.03. The van der Waals surface area contributed by atoms with Crippen LogP contribution in [0.3, 0.4) is 0 Å². The zero-order chi connectivity index (χ0) is 17.8. The Morgan fingerprint density at radius 1 is 1.20 bits per heavy atom. The number of amides is 1. The average Bonchev–Trinajstić information content (AvgIpc) is 3.09. The van der Waals surface area contributed by atoms with E-state index in [0.29, 0.717) is 12.1 Å². The number of nitrogens with zero attached hydrogens (tertiary/aromatic N) is 2. The molecule has 0 saturated heterocycles. The van der Waals surface area contributed by atoms with E-state index in [1.54, 1.807) is 42.6 Å². The number of hydrogen-bond acceptors (Lipinski definition) is 5. The first-order valence-electron chi connectivity index (χ1n) is 7.88. The fraction of sp³-hybridized carbons (Fsp3) is 0.211. The van der Waals surface area contributed by atoms with Crippen molar-refractivity contribution >= 4 is 33.4 Å². The van der Waals surface area contributed by atoms with Crippen molar-refractivity contribution < 1.29 is 14.3 Å².